The van der Waals surface area contributed by atoms with E-state index in [1.807, 2.05) is 30.3 Å². The number of hydrogen-bond donors (Lipinski definition) is 0. The van der Waals surface area contributed by atoms with E-state index in [2.05, 4.69) is 17.1 Å². The van der Waals surface area contributed by atoms with Crippen molar-refractivity contribution in [3.05, 3.63) is 76.4 Å². The smallest absolute Gasteiger partial charge is 0.337 e. The Hall–Kier alpha value is -2.39. The van der Waals surface area contributed by atoms with Crippen molar-refractivity contribution in [1.82, 2.24) is 4.98 Å². The molecule has 0 unspecified atom stereocenters. The van der Waals surface area contributed by atoms with Gasteiger partial charge in [-0.25, -0.2) is 9.78 Å². The minimum atomic E-state index is -0.381. The summed E-state index contributed by atoms with van der Waals surface area (Å²) in [4.78, 5) is 15.9. The van der Waals surface area contributed by atoms with Crippen molar-refractivity contribution in [2.45, 2.75) is 6.42 Å². The fraction of sp³-hybridized carbons (Fsp3) is 0.111. The highest BCUT2D eigenvalue weighted by atomic mass is 35.5. The first-order chi connectivity index (χ1) is 10.7. The molecule has 1 aromatic heterocycles. The maximum Gasteiger partial charge on any atom is 0.337 e. The summed E-state index contributed by atoms with van der Waals surface area (Å²) in [5, 5.41) is 1.40. The summed E-state index contributed by atoms with van der Waals surface area (Å²) in [7, 11) is 1.36. The average Bonchev–Trinajstić information content (AvgIpc) is 2.54. The highest BCUT2D eigenvalue weighted by Gasteiger charge is 2.10. The topological polar surface area (TPSA) is 39.2 Å². The van der Waals surface area contributed by atoms with Crippen molar-refractivity contribution in [2.75, 3.05) is 7.11 Å². The van der Waals surface area contributed by atoms with Gasteiger partial charge in [-0.2, -0.15) is 0 Å². The normalized spacial score (nSPS) is 10.6. The lowest BCUT2D eigenvalue weighted by Crippen LogP contribution is -2.01. The summed E-state index contributed by atoms with van der Waals surface area (Å²) < 4.78 is 4.74. The number of esters is 1. The first-order valence-corrected chi connectivity index (χ1v) is 7.26. The van der Waals surface area contributed by atoms with Gasteiger partial charge in [-0.3, -0.25) is 0 Å². The number of benzene rings is 2. The largest absolute Gasteiger partial charge is 0.465 e. The molecule has 110 valence electrons. The van der Waals surface area contributed by atoms with Crippen LogP contribution >= 0.6 is 11.6 Å². The Morgan fingerprint density at radius 3 is 2.64 bits per heavy atom. The Morgan fingerprint density at radius 1 is 1.14 bits per heavy atom. The van der Waals surface area contributed by atoms with Crippen molar-refractivity contribution in [3.8, 4) is 0 Å². The first kappa shape index (κ1) is 14.5. The molecule has 22 heavy (non-hydrogen) atoms. The zero-order valence-corrected chi connectivity index (χ0v) is 12.8. The first-order valence-electron chi connectivity index (χ1n) is 6.89. The number of fused-ring (bicyclic) bond motifs is 1. The molecule has 0 radical (unpaired) electrons. The van der Waals surface area contributed by atoms with Crippen LogP contribution in [0.15, 0.2) is 54.6 Å². The number of halogens is 1. The minimum Gasteiger partial charge on any atom is -0.465 e. The Morgan fingerprint density at radius 2 is 1.91 bits per heavy atom. The molecule has 0 saturated carbocycles. The van der Waals surface area contributed by atoms with Crippen LogP contribution in [-0.2, 0) is 11.2 Å². The van der Waals surface area contributed by atoms with Crippen LogP contribution in [0.2, 0.25) is 5.15 Å². The molecule has 0 amide bonds. The van der Waals surface area contributed by atoms with Crippen molar-refractivity contribution in [1.29, 1.82) is 0 Å². The molecule has 0 aliphatic heterocycles. The molecule has 0 saturated heterocycles. The third kappa shape index (κ3) is 2.95. The van der Waals surface area contributed by atoms with Crippen molar-refractivity contribution < 1.29 is 9.53 Å². The Balaban J connectivity index is 2.08. The third-order valence-electron chi connectivity index (χ3n) is 3.52. The quantitative estimate of drug-likeness (QED) is 0.536. The SMILES string of the molecule is COC(=O)c1ccc2c(Cc3ccccc3)cc(Cl)nc2c1. The number of methoxy groups -OCH3 is 1. The van der Waals surface area contributed by atoms with Crippen LogP contribution in [0.5, 0.6) is 0 Å². The molecule has 1 heterocycles. The second-order valence-electron chi connectivity index (χ2n) is 4.99. The van der Waals surface area contributed by atoms with Gasteiger partial charge in [0.1, 0.15) is 5.15 Å². The van der Waals surface area contributed by atoms with Crippen molar-refractivity contribution in [2.24, 2.45) is 0 Å². The lowest BCUT2D eigenvalue weighted by Gasteiger charge is -2.09. The van der Waals surface area contributed by atoms with E-state index >= 15 is 0 Å². The molecule has 0 aliphatic rings. The van der Waals surface area contributed by atoms with Crippen molar-refractivity contribution in [3.63, 3.8) is 0 Å². The number of ether oxygens (including phenoxy) is 1. The number of nitrogens with zero attached hydrogens (tertiary/aromatic N) is 1. The predicted molar refractivity (Wildman–Crippen MR) is 87.3 cm³/mol. The summed E-state index contributed by atoms with van der Waals surface area (Å²) in [5.74, 6) is -0.381. The summed E-state index contributed by atoms with van der Waals surface area (Å²) in [6.45, 7) is 0. The van der Waals surface area contributed by atoms with E-state index in [1.165, 1.54) is 12.7 Å². The molecular formula is C18H14ClNO2. The number of carbonyl (C=O) groups is 1. The molecule has 0 fully saturated rings. The molecule has 0 bridgehead atoms. The van der Waals surface area contributed by atoms with Crippen molar-refractivity contribution >= 4 is 28.5 Å². The minimum absolute atomic E-state index is 0.381. The molecule has 3 aromatic rings. The highest BCUT2D eigenvalue weighted by Crippen LogP contribution is 2.24. The molecule has 3 rings (SSSR count). The maximum absolute atomic E-state index is 11.6. The van der Waals surface area contributed by atoms with Crippen LogP contribution in [0, 0.1) is 0 Å². The lowest BCUT2D eigenvalue weighted by molar-refractivity contribution is 0.0601. The van der Waals surface area contributed by atoms with Gasteiger partial charge < -0.3 is 4.74 Å². The second kappa shape index (κ2) is 6.16. The van der Waals surface area contributed by atoms with E-state index in [1.54, 1.807) is 12.1 Å². The van der Waals surface area contributed by atoms with Crippen LogP contribution in [0.3, 0.4) is 0 Å². The number of pyridine rings is 1. The lowest BCUT2D eigenvalue weighted by atomic mass is 10.0. The number of carbonyl (C=O) groups excluding carboxylic acids is 1. The molecular weight excluding hydrogens is 298 g/mol. The molecule has 0 aliphatic carbocycles. The predicted octanol–water partition coefficient (Wildman–Crippen LogP) is 4.27. The summed E-state index contributed by atoms with van der Waals surface area (Å²) in [5.41, 5.74) is 3.44. The van der Waals surface area contributed by atoms with Gasteiger partial charge in [-0.1, -0.05) is 48.0 Å². The Kier molecular flexibility index (Phi) is 4.07. The van der Waals surface area contributed by atoms with Gasteiger partial charge in [0.15, 0.2) is 0 Å². The monoisotopic (exact) mass is 311 g/mol. The second-order valence-corrected chi connectivity index (χ2v) is 5.38. The number of rotatable bonds is 3. The summed E-state index contributed by atoms with van der Waals surface area (Å²) >= 11 is 6.13. The van der Waals surface area contributed by atoms with E-state index in [0.717, 1.165) is 17.4 Å². The van der Waals surface area contributed by atoms with Gasteiger partial charge in [-0.05, 0) is 35.7 Å². The van der Waals surface area contributed by atoms with E-state index in [4.69, 9.17) is 16.3 Å². The molecule has 4 heteroatoms. The van der Waals surface area contributed by atoms with Gasteiger partial charge in [0.05, 0.1) is 18.2 Å². The maximum atomic E-state index is 11.6. The number of aromatic nitrogens is 1. The van der Waals surface area contributed by atoms with Crippen LogP contribution in [-0.4, -0.2) is 18.1 Å². The third-order valence-corrected chi connectivity index (χ3v) is 3.72. The van der Waals surface area contributed by atoms with Crippen LogP contribution in [0.25, 0.3) is 10.9 Å². The molecule has 2 aromatic carbocycles. The van der Waals surface area contributed by atoms with Gasteiger partial charge in [0.25, 0.3) is 0 Å². The van der Waals surface area contributed by atoms with Gasteiger partial charge >= 0.3 is 5.97 Å². The van der Waals surface area contributed by atoms with E-state index in [-0.39, 0.29) is 5.97 Å². The molecule has 0 N–H and O–H groups in total. The highest BCUT2D eigenvalue weighted by molar-refractivity contribution is 6.30. The Labute approximate surface area is 133 Å². The van der Waals surface area contributed by atoms with Crippen LogP contribution < -0.4 is 0 Å². The standard InChI is InChI=1S/C18H14ClNO2/c1-22-18(21)13-7-8-15-14(9-12-5-3-2-4-6-12)11-17(19)20-16(15)10-13/h2-8,10-11H,9H2,1H3. The van der Waals surface area contributed by atoms with Gasteiger partial charge in [-0.15, -0.1) is 0 Å². The van der Waals surface area contributed by atoms with Gasteiger partial charge in [0, 0.05) is 5.39 Å². The fourth-order valence-electron chi connectivity index (χ4n) is 2.47. The molecule has 3 nitrogen and oxygen atoms in total. The Bertz CT molecular complexity index is 831. The van der Waals surface area contributed by atoms with E-state index in [9.17, 15) is 4.79 Å². The fourth-order valence-corrected chi connectivity index (χ4v) is 2.69. The summed E-state index contributed by atoms with van der Waals surface area (Å²) in [6, 6.07) is 17.4. The van der Waals surface area contributed by atoms with Crippen LogP contribution in [0.4, 0.5) is 0 Å². The van der Waals surface area contributed by atoms with E-state index < -0.39 is 0 Å². The van der Waals surface area contributed by atoms with Crippen LogP contribution in [0.1, 0.15) is 21.5 Å². The zero-order valence-electron chi connectivity index (χ0n) is 12.0. The van der Waals surface area contributed by atoms with Gasteiger partial charge in [0.2, 0.25) is 0 Å². The molecule has 0 spiro atoms. The zero-order chi connectivity index (χ0) is 15.5. The van der Waals surface area contributed by atoms with E-state index in [0.29, 0.717) is 16.2 Å². The summed E-state index contributed by atoms with van der Waals surface area (Å²) in [6.07, 6.45) is 0.761. The number of hydrogen-bond acceptors (Lipinski definition) is 3. The molecule has 0 atom stereocenters. The average molecular weight is 312 g/mol.